The van der Waals surface area contributed by atoms with E-state index in [9.17, 15) is 5.26 Å². The van der Waals surface area contributed by atoms with E-state index in [0.717, 1.165) is 28.3 Å². The molecule has 0 unspecified atom stereocenters. The van der Waals surface area contributed by atoms with Crippen molar-refractivity contribution >= 4 is 71.2 Å². The Hall–Kier alpha value is -8.71. The van der Waals surface area contributed by atoms with Crippen LogP contribution in [-0.2, 0) is 5.41 Å². The van der Waals surface area contributed by atoms with Gasteiger partial charge in [-0.25, -0.2) is 0 Å². The molecule has 67 heavy (non-hydrogen) atoms. The summed E-state index contributed by atoms with van der Waals surface area (Å²) in [5.74, 6) is 0. The number of rotatable bonds is 6. The molecular formula is C64H43N3. The molecule has 3 heteroatoms. The standard InChI is InChI=1S/C64H43N3/c1-64(2)58-37-41(40-65)27-34-49(58)50-35-32-47(39-59(50)64)66(46-33-36-61-57(38-46)51-20-12-13-26-60(51)67(61)44-17-4-3-5-18-44)45-30-28-43(29-31-45)62-53-21-8-10-23-55(53)63(56-24-11-9-22-54(56)62)52-25-14-16-42-15-6-7-19-48(42)52/h3-39H,1-2H3. The molecular weight excluding hydrogens is 811 g/mol. The summed E-state index contributed by atoms with van der Waals surface area (Å²) >= 11 is 0. The minimum atomic E-state index is -0.295. The number of aromatic nitrogens is 1. The molecule has 0 saturated heterocycles. The van der Waals surface area contributed by atoms with Crippen LogP contribution in [0.3, 0.4) is 0 Å². The zero-order chi connectivity index (χ0) is 44.8. The van der Waals surface area contributed by atoms with E-state index in [1.165, 1.54) is 93.1 Å². The second-order valence-corrected chi connectivity index (χ2v) is 18.4. The van der Waals surface area contributed by atoms with Gasteiger partial charge < -0.3 is 9.47 Å². The van der Waals surface area contributed by atoms with Gasteiger partial charge in [-0.15, -0.1) is 0 Å². The number of nitriles is 1. The Morgan fingerprint density at radius 1 is 0.403 bits per heavy atom. The van der Waals surface area contributed by atoms with E-state index in [-0.39, 0.29) is 5.41 Å². The first kappa shape index (κ1) is 38.7. The van der Waals surface area contributed by atoms with E-state index in [4.69, 9.17) is 0 Å². The van der Waals surface area contributed by atoms with E-state index < -0.39 is 0 Å². The molecule has 11 aromatic carbocycles. The van der Waals surface area contributed by atoms with Crippen LogP contribution in [0.5, 0.6) is 0 Å². The van der Waals surface area contributed by atoms with E-state index >= 15 is 0 Å². The first-order valence-electron chi connectivity index (χ1n) is 23.1. The highest BCUT2D eigenvalue weighted by molar-refractivity contribution is 6.23. The van der Waals surface area contributed by atoms with E-state index in [0.29, 0.717) is 5.56 Å². The van der Waals surface area contributed by atoms with Crippen LogP contribution in [0.1, 0.15) is 30.5 Å². The molecule has 1 aliphatic rings. The minimum absolute atomic E-state index is 0.295. The molecule has 0 atom stereocenters. The lowest BCUT2D eigenvalue weighted by Crippen LogP contribution is -2.16. The van der Waals surface area contributed by atoms with Gasteiger partial charge >= 0.3 is 0 Å². The molecule has 0 N–H and O–H groups in total. The Morgan fingerprint density at radius 2 is 0.940 bits per heavy atom. The smallest absolute Gasteiger partial charge is 0.0991 e. The number of nitrogens with zero attached hydrogens (tertiary/aromatic N) is 3. The van der Waals surface area contributed by atoms with E-state index in [2.05, 4.69) is 248 Å². The van der Waals surface area contributed by atoms with Gasteiger partial charge in [0.2, 0.25) is 0 Å². The number of hydrogen-bond acceptors (Lipinski definition) is 2. The van der Waals surface area contributed by atoms with Crippen LogP contribution in [0.15, 0.2) is 224 Å². The van der Waals surface area contributed by atoms with Gasteiger partial charge in [0.15, 0.2) is 0 Å². The molecule has 0 amide bonds. The van der Waals surface area contributed by atoms with Crippen molar-refractivity contribution in [2.24, 2.45) is 0 Å². The molecule has 3 nitrogen and oxygen atoms in total. The maximum atomic E-state index is 9.87. The fourth-order valence-corrected chi connectivity index (χ4v) is 11.3. The third-order valence-corrected chi connectivity index (χ3v) is 14.4. The van der Waals surface area contributed by atoms with Crippen molar-refractivity contribution in [2.45, 2.75) is 19.3 Å². The van der Waals surface area contributed by atoms with E-state index in [1.807, 2.05) is 6.07 Å². The molecule has 1 heterocycles. The first-order valence-corrected chi connectivity index (χ1v) is 23.1. The number of fused-ring (bicyclic) bond motifs is 9. The molecule has 0 radical (unpaired) electrons. The predicted molar refractivity (Wildman–Crippen MR) is 281 cm³/mol. The van der Waals surface area contributed by atoms with Gasteiger partial charge in [0.05, 0.1) is 22.7 Å². The van der Waals surface area contributed by atoms with Gasteiger partial charge in [0.1, 0.15) is 0 Å². The van der Waals surface area contributed by atoms with Crippen molar-refractivity contribution < 1.29 is 0 Å². The average Bonchev–Trinajstić information content (AvgIpc) is 3.83. The molecule has 1 aliphatic carbocycles. The predicted octanol–water partition coefficient (Wildman–Crippen LogP) is 17.2. The molecule has 0 saturated carbocycles. The van der Waals surface area contributed by atoms with Gasteiger partial charge in [0, 0.05) is 38.9 Å². The zero-order valence-corrected chi connectivity index (χ0v) is 37.2. The highest BCUT2D eigenvalue weighted by Crippen LogP contribution is 2.52. The molecule has 0 spiro atoms. The van der Waals surface area contributed by atoms with Crippen molar-refractivity contribution in [3.63, 3.8) is 0 Å². The number of hydrogen-bond donors (Lipinski definition) is 0. The van der Waals surface area contributed by atoms with Crippen molar-refractivity contribution in [1.29, 1.82) is 5.26 Å². The zero-order valence-electron chi connectivity index (χ0n) is 37.2. The maximum Gasteiger partial charge on any atom is 0.0991 e. The lowest BCUT2D eigenvalue weighted by atomic mass is 9.82. The Morgan fingerprint density at radius 3 is 1.66 bits per heavy atom. The second kappa shape index (κ2) is 14.9. The summed E-state index contributed by atoms with van der Waals surface area (Å²) in [5, 5.41) is 19.7. The van der Waals surface area contributed by atoms with Crippen LogP contribution >= 0.6 is 0 Å². The molecule has 0 fully saturated rings. The molecule has 13 rings (SSSR count). The van der Waals surface area contributed by atoms with Crippen molar-refractivity contribution in [3.8, 4) is 45.1 Å². The Labute approximate surface area is 389 Å². The summed E-state index contributed by atoms with van der Waals surface area (Å²) in [5.41, 5.74) is 16.9. The summed E-state index contributed by atoms with van der Waals surface area (Å²) in [6.07, 6.45) is 0. The van der Waals surface area contributed by atoms with Gasteiger partial charge in [0.25, 0.3) is 0 Å². The van der Waals surface area contributed by atoms with Gasteiger partial charge in [-0.05, 0) is 150 Å². The van der Waals surface area contributed by atoms with Crippen LogP contribution < -0.4 is 4.90 Å². The minimum Gasteiger partial charge on any atom is -0.310 e. The van der Waals surface area contributed by atoms with Crippen LogP contribution in [0.4, 0.5) is 17.1 Å². The quantitative estimate of drug-likeness (QED) is 0.156. The summed E-state index contributed by atoms with van der Waals surface area (Å²) in [6.45, 7) is 4.57. The summed E-state index contributed by atoms with van der Waals surface area (Å²) < 4.78 is 2.37. The Bertz CT molecular complexity index is 3960. The third kappa shape index (κ3) is 5.90. The van der Waals surface area contributed by atoms with E-state index in [1.54, 1.807) is 0 Å². The van der Waals surface area contributed by atoms with Gasteiger partial charge in [-0.3, -0.25) is 0 Å². The SMILES string of the molecule is CC1(C)c2cc(C#N)ccc2-c2ccc(N(c3ccc(-c4c5ccccc5c(-c5cccc6ccccc56)c5ccccc45)cc3)c3ccc4c(c3)c3ccccc3n4-c3ccccc3)cc21. The lowest BCUT2D eigenvalue weighted by molar-refractivity contribution is 0.660. The second-order valence-electron chi connectivity index (χ2n) is 18.4. The highest BCUT2D eigenvalue weighted by Gasteiger charge is 2.36. The van der Waals surface area contributed by atoms with Crippen LogP contribution in [0, 0.1) is 11.3 Å². The van der Waals surface area contributed by atoms with Crippen molar-refractivity contribution in [3.05, 3.63) is 241 Å². The van der Waals surface area contributed by atoms with Gasteiger partial charge in [-0.1, -0.05) is 166 Å². The van der Waals surface area contributed by atoms with Crippen molar-refractivity contribution in [1.82, 2.24) is 4.57 Å². The Kier molecular flexibility index (Phi) is 8.62. The number of benzene rings is 11. The maximum absolute atomic E-state index is 9.87. The first-order chi connectivity index (χ1) is 33.0. The molecule has 314 valence electrons. The fraction of sp³-hybridized carbons (Fsp3) is 0.0469. The number of para-hydroxylation sites is 2. The molecule has 0 aliphatic heterocycles. The Balaban J connectivity index is 1.01. The average molecular weight is 854 g/mol. The summed E-state index contributed by atoms with van der Waals surface area (Å²) in [7, 11) is 0. The topological polar surface area (TPSA) is 32.0 Å². The third-order valence-electron chi connectivity index (χ3n) is 14.4. The largest absolute Gasteiger partial charge is 0.310 e. The van der Waals surface area contributed by atoms with Crippen LogP contribution in [0.2, 0.25) is 0 Å². The number of anilines is 3. The van der Waals surface area contributed by atoms with Crippen LogP contribution in [-0.4, -0.2) is 4.57 Å². The molecule has 12 aromatic rings. The molecule has 1 aromatic heterocycles. The molecule has 0 bridgehead atoms. The van der Waals surface area contributed by atoms with Gasteiger partial charge in [-0.2, -0.15) is 5.26 Å². The monoisotopic (exact) mass is 853 g/mol. The highest BCUT2D eigenvalue weighted by atomic mass is 15.1. The fourth-order valence-electron chi connectivity index (χ4n) is 11.3. The normalized spacial score (nSPS) is 12.7. The van der Waals surface area contributed by atoms with Crippen molar-refractivity contribution in [2.75, 3.05) is 4.90 Å². The summed E-state index contributed by atoms with van der Waals surface area (Å²) in [6, 6.07) is 84.2. The van der Waals surface area contributed by atoms with Crippen LogP contribution in [0.25, 0.3) is 93.2 Å². The lowest BCUT2D eigenvalue weighted by Gasteiger charge is -2.28. The summed E-state index contributed by atoms with van der Waals surface area (Å²) in [4.78, 5) is 2.41.